The molecule has 1 heterocycles. The van der Waals surface area contributed by atoms with Crippen molar-refractivity contribution in [1.82, 2.24) is 5.16 Å². The third-order valence-corrected chi connectivity index (χ3v) is 4.54. The molecule has 0 bridgehead atoms. The summed E-state index contributed by atoms with van der Waals surface area (Å²) < 4.78 is 5.50. The maximum atomic E-state index is 12.7. The lowest BCUT2D eigenvalue weighted by atomic mass is 10.1. The Morgan fingerprint density at radius 3 is 2.50 bits per heavy atom. The van der Waals surface area contributed by atoms with E-state index in [0.29, 0.717) is 11.3 Å². The van der Waals surface area contributed by atoms with Crippen LogP contribution in [0, 0.1) is 13.8 Å². The van der Waals surface area contributed by atoms with E-state index in [0.717, 1.165) is 27.7 Å². The summed E-state index contributed by atoms with van der Waals surface area (Å²) in [6, 6.07) is 21.0. The van der Waals surface area contributed by atoms with Gasteiger partial charge in [-0.3, -0.25) is 4.79 Å². The van der Waals surface area contributed by atoms with Crippen LogP contribution in [0.5, 0.6) is 0 Å². The molecule has 26 heavy (non-hydrogen) atoms. The topological polar surface area (TPSA) is 55.1 Å². The number of benzene rings is 3. The van der Waals surface area contributed by atoms with E-state index in [9.17, 15) is 4.79 Å². The molecule has 0 spiro atoms. The van der Waals surface area contributed by atoms with E-state index < -0.39 is 0 Å². The second-order valence-corrected chi connectivity index (χ2v) is 6.36. The zero-order valence-corrected chi connectivity index (χ0v) is 14.6. The van der Waals surface area contributed by atoms with Crippen molar-refractivity contribution in [3.05, 3.63) is 83.4 Å². The summed E-state index contributed by atoms with van der Waals surface area (Å²) in [5.41, 5.74) is 5.35. The zero-order valence-electron chi connectivity index (χ0n) is 14.6. The minimum absolute atomic E-state index is 0.157. The van der Waals surface area contributed by atoms with Crippen LogP contribution in [0.1, 0.15) is 21.5 Å². The molecule has 1 amide bonds. The van der Waals surface area contributed by atoms with Crippen molar-refractivity contribution in [1.29, 1.82) is 0 Å². The quantitative estimate of drug-likeness (QED) is 0.545. The number of carbonyl (C=O) groups excluding carboxylic acids is 1. The molecule has 0 unspecified atom stereocenters. The van der Waals surface area contributed by atoms with Crippen molar-refractivity contribution in [2.24, 2.45) is 0 Å². The highest BCUT2D eigenvalue weighted by molar-refractivity contribution is 6.07. The molecule has 0 aliphatic rings. The first-order valence-electron chi connectivity index (χ1n) is 8.45. The molecule has 4 aromatic rings. The predicted molar refractivity (Wildman–Crippen MR) is 103 cm³/mol. The second kappa shape index (κ2) is 6.48. The van der Waals surface area contributed by atoms with Gasteiger partial charge in [0.1, 0.15) is 5.52 Å². The molecule has 4 rings (SSSR count). The highest BCUT2D eigenvalue weighted by atomic mass is 16.5. The summed E-state index contributed by atoms with van der Waals surface area (Å²) >= 11 is 0. The van der Waals surface area contributed by atoms with Crippen LogP contribution < -0.4 is 5.32 Å². The van der Waals surface area contributed by atoms with Gasteiger partial charge in [-0.15, -0.1) is 0 Å². The van der Waals surface area contributed by atoms with E-state index in [2.05, 4.69) is 10.5 Å². The van der Waals surface area contributed by atoms with Crippen molar-refractivity contribution in [2.75, 3.05) is 5.32 Å². The first-order valence-corrected chi connectivity index (χ1v) is 8.45. The summed E-state index contributed by atoms with van der Waals surface area (Å²) in [5.74, 6) is 0.511. The lowest BCUT2D eigenvalue weighted by molar-refractivity contribution is 0.102. The van der Waals surface area contributed by atoms with E-state index in [1.165, 1.54) is 5.56 Å². The highest BCUT2D eigenvalue weighted by Gasteiger charge is 2.14. The largest absolute Gasteiger partial charge is 0.355 e. The van der Waals surface area contributed by atoms with Gasteiger partial charge in [0.05, 0.1) is 5.39 Å². The van der Waals surface area contributed by atoms with Gasteiger partial charge in [0, 0.05) is 16.8 Å². The van der Waals surface area contributed by atoms with Crippen molar-refractivity contribution >= 4 is 22.5 Å². The summed E-state index contributed by atoms with van der Waals surface area (Å²) in [5, 5.41) is 7.87. The summed E-state index contributed by atoms with van der Waals surface area (Å²) in [6.07, 6.45) is 0. The molecular formula is C22H18N2O2. The van der Waals surface area contributed by atoms with Gasteiger partial charge >= 0.3 is 0 Å². The van der Waals surface area contributed by atoms with Crippen LogP contribution in [0.3, 0.4) is 0 Å². The number of anilines is 1. The smallest absolute Gasteiger partial charge is 0.255 e. The lowest BCUT2D eigenvalue weighted by Crippen LogP contribution is -2.11. The predicted octanol–water partition coefficient (Wildman–Crippen LogP) is 5.36. The molecule has 0 atom stereocenters. The number of hydrogen-bond acceptors (Lipinski definition) is 3. The molecule has 4 nitrogen and oxygen atoms in total. The molecule has 0 aliphatic heterocycles. The Morgan fingerprint density at radius 2 is 1.73 bits per heavy atom. The van der Waals surface area contributed by atoms with Gasteiger partial charge in [-0.25, -0.2) is 0 Å². The molecule has 3 aromatic carbocycles. The van der Waals surface area contributed by atoms with Crippen molar-refractivity contribution in [3.63, 3.8) is 0 Å². The fourth-order valence-corrected chi connectivity index (χ4v) is 2.90. The van der Waals surface area contributed by atoms with Crippen molar-refractivity contribution < 1.29 is 9.32 Å². The molecule has 1 N–H and O–H groups in total. The van der Waals surface area contributed by atoms with Crippen molar-refractivity contribution in [3.8, 4) is 11.3 Å². The summed E-state index contributed by atoms with van der Waals surface area (Å²) in [7, 11) is 0. The van der Waals surface area contributed by atoms with Gasteiger partial charge in [0.15, 0.2) is 5.76 Å². The standard InChI is InChI=1S/C22H18N2O2/c1-14-8-10-18(12-15(14)2)23-22(25)17-9-11-20-19(13-17)21(26-24-20)16-6-4-3-5-7-16/h3-13H,1-2H3,(H,23,25). The third kappa shape index (κ3) is 2.97. The number of aryl methyl sites for hydroxylation is 2. The lowest BCUT2D eigenvalue weighted by Gasteiger charge is -2.08. The Hall–Kier alpha value is -3.40. The van der Waals surface area contributed by atoms with Gasteiger partial charge in [-0.2, -0.15) is 0 Å². The zero-order chi connectivity index (χ0) is 18.1. The molecule has 128 valence electrons. The maximum absolute atomic E-state index is 12.7. The van der Waals surface area contributed by atoms with Gasteiger partial charge in [-0.1, -0.05) is 41.6 Å². The number of nitrogens with one attached hydrogen (secondary N) is 1. The number of aromatic nitrogens is 1. The molecular weight excluding hydrogens is 324 g/mol. The summed E-state index contributed by atoms with van der Waals surface area (Å²) in [4.78, 5) is 12.7. The number of carbonyl (C=O) groups is 1. The van der Waals surface area contributed by atoms with E-state index in [1.807, 2.05) is 68.4 Å². The fourth-order valence-electron chi connectivity index (χ4n) is 2.90. The molecule has 0 fully saturated rings. The Balaban J connectivity index is 1.68. The minimum atomic E-state index is -0.157. The van der Waals surface area contributed by atoms with E-state index in [-0.39, 0.29) is 5.91 Å². The third-order valence-electron chi connectivity index (χ3n) is 4.54. The number of amides is 1. The first-order chi connectivity index (χ1) is 12.6. The van der Waals surface area contributed by atoms with Gasteiger partial charge in [0.25, 0.3) is 5.91 Å². The van der Waals surface area contributed by atoms with Crippen LogP contribution in [0.4, 0.5) is 5.69 Å². The Bertz CT molecular complexity index is 1100. The van der Waals surface area contributed by atoms with Crippen LogP contribution >= 0.6 is 0 Å². The van der Waals surface area contributed by atoms with Crippen LogP contribution in [0.25, 0.3) is 22.2 Å². The van der Waals surface area contributed by atoms with Crippen LogP contribution in [0.15, 0.2) is 71.3 Å². The van der Waals surface area contributed by atoms with Gasteiger partial charge < -0.3 is 9.84 Å². The van der Waals surface area contributed by atoms with Crippen molar-refractivity contribution in [2.45, 2.75) is 13.8 Å². The second-order valence-electron chi connectivity index (χ2n) is 6.36. The number of fused-ring (bicyclic) bond motifs is 1. The molecule has 0 saturated carbocycles. The molecule has 4 heteroatoms. The normalized spacial score (nSPS) is 10.8. The molecule has 1 aromatic heterocycles. The fraction of sp³-hybridized carbons (Fsp3) is 0.0909. The van der Waals surface area contributed by atoms with Gasteiger partial charge in [0.2, 0.25) is 0 Å². The number of nitrogens with zero attached hydrogens (tertiary/aromatic N) is 1. The average molecular weight is 342 g/mol. The van der Waals surface area contributed by atoms with Crippen LogP contribution in [0.2, 0.25) is 0 Å². The highest BCUT2D eigenvalue weighted by Crippen LogP contribution is 2.29. The van der Waals surface area contributed by atoms with E-state index >= 15 is 0 Å². The minimum Gasteiger partial charge on any atom is -0.355 e. The summed E-state index contributed by atoms with van der Waals surface area (Å²) in [6.45, 7) is 4.08. The monoisotopic (exact) mass is 342 g/mol. The van der Waals surface area contributed by atoms with E-state index in [1.54, 1.807) is 12.1 Å². The number of hydrogen-bond donors (Lipinski definition) is 1. The molecule has 0 radical (unpaired) electrons. The van der Waals surface area contributed by atoms with Gasteiger partial charge in [-0.05, 0) is 55.3 Å². The Labute approximate surface area is 151 Å². The molecule has 0 aliphatic carbocycles. The van der Waals surface area contributed by atoms with Crippen LogP contribution in [-0.4, -0.2) is 11.1 Å². The molecule has 0 saturated heterocycles. The SMILES string of the molecule is Cc1ccc(NC(=O)c2ccc3noc(-c4ccccc4)c3c2)cc1C. The Morgan fingerprint density at radius 1 is 0.923 bits per heavy atom. The van der Waals surface area contributed by atoms with Crippen LogP contribution in [-0.2, 0) is 0 Å². The Kier molecular flexibility index (Phi) is 4.01. The first kappa shape index (κ1) is 16.1. The average Bonchev–Trinajstić information content (AvgIpc) is 3.08. The maximum Gasteiger partial charge on any atom is 0.255 e. The van der Waals surface area contributed by atoms with E-state index in [4.69, 9.17) is 4.52 Å². The number of rotatable bonds is 3.